The lowest BCUT2D eigenvalue weighted by Gasteiger charge is -2.33. The van der Waals surface area contributed by atoms with Gasteiger partial charge < -0.3 is 4.90 Å². The van der Waals surface area contributed by atoms with Crippen molar-refractivity contribution in [1.82, 2.24) is 0 Å². The molecule has 0 bridgehead atoms. The van der Waals surface area contributed by atoms with E-state index < -0.39 is 0 Å². The second-order valence-electron chi connectivity index (χ2n) is 16.8. The minimum atomic E-state index is -0.277. The van der Waals surface area contributed by atoms with Gasteiger partial charge in [0.15, 0.2) is 0 Å². The van der Waals surface area contributed by atoms with Crippen LogP contribution in [0.4, 0.5) is 17.1 Å². The number of hydrogen-bond acceptors (Lipinski definition) is 1. The lowest BCUT2D eigenvalue weighted by atomic mass is 9.70. The van der Waals surface area contributed by atoms with E-state index in [2.05, 4.69) is 233 Å². The monoisotopic (exact) mass is 745 g/mol. The first-order chi connectivity index (χ1) is 28.3. The van der Waals surface area contributed by atoms with E-state index >= 15 is 0 Å². The van der Waals surface area contributed by atoms with Gasteiger partial charge in [-0.25, -0.2) is 0 Å². The van der Waals surface area contributed by atoms with Gasteiger partial charge in [-0.3, -0.25) is 0 Å². The van der Waals surface area contributed by atoms with Crippen molar-refractivity contribution in [2.24, 2.45) is 0 Å². The molecule has 9 aromatic carbocycles. The summed E-state index contributed by atoms with van der Waals surface area (Å²) in [6.45, 7) is 9.23. The highest BCUT2D eigenvalue weighted by Gasteiger charge is 2.44. The molecule has 1 unspecified atom stereocenters. The van der Waals surface area contributed by atoms with Crippen molar-refractivity contribution in [2.45, 2.75) is 44.9 Å². The first-order valence-electron chi connectivity index (χ1n) is 20.7. The molecule has 1 aliphatic carbocycles. The summed E-state index contributed by atoms with van der Waals surface area (Å²) in [7, 11) is 0. The van der Waals surface area contributed by atoms with E-state index in [1.807, 2.05) is 0 Å². The Hall–Kier alpha value is -6.70. The third-order valence-corrected chi connectivity index (χ3v) is 12.6. The van der Waals surface area contributed by atoms with Crippen LogP contribution < -0.4 is 4.90 Å². The molecular weight excluding hydrogens is 699 g/mol. The highest BCUT2D eigenvalue weighted by atomic mass is 15.1. The summed E-state index contributed by atoms with van der Waals surface area (Å²) in [5.41, 5.74) is 16.2. The predicted molar refractivity (Wildman–Crippen MR) is 248 cm³/mol. The molecule has 58 heavy (non-hydrogen) atoms. The van der Waals surface area contributed by atoms with Gasteiger partial charge >= 0.3 is 0 Å². The average molecular weight is 746 g/mol. The van der Waals surface area contributed by atoms with E-state index in [0.717, 1.165) is 17.8 Å². The minimum absolute atomic E-state index is 0.0867. The van der Waals surface area contributed by atoms with Gasteiger partial charge in [0.25, 0.3) is 0 Å². The molecular formula is C57H47N. The predicted octanol–water partition coefficient (Wildman–Crippen LogP) is 15.8. The van der Waals surface area contributed by atoms with E-state index in [0.29, 0.717) is 0 Å². The van der Waals surface area contributed by atoms with Crippen LogP contribution in [-0.4, -0.2) is 0 Å². The molecule has 0 heterocycles. The summed E-state index contributed by atoms with van der Waals surface area (Å²) in [6.07, 6.45) is 0.953. The standard InChI is InChI=1S/C57H47N/c1-5-57(44-33-31-43(32-34-44)56(2,3)4)52-24-11-10-21-51(52)55-53(57)25-14-26-54(55)58(45-35-27-41(28-36-45)49-22-12-17-39-15-6-8-19-47(39)49)46-37-29-42(30-38-46)50-23-13-18-40-16-7-9-20-48(40)50/h6-38H,5H2,1-4H3. The molecule has 1 heteroatoms. The summed E-state index contributed by atoms with van der Waals surface area (Å²) in [4.78, 5) is 2.48. The van der Waals surface area contributed by atoms with Crippen molar-refractivity contribution in [3.8, 4) is 33.4 Å². The fraction of sp³-hybridized carbons (Fsp3) is 0.123. The maximum absolute atomic E-state index is 2.48. The van der Waals surface area contributed by atoms with E-state index in [4.69, 9.17) is 0 Å². The molecule has 0 aromatic heterocycles. The molecule has 0 radical (unpaired) electrons. The highest BCUT2D eigenvalue weighted by molar-refractivity contribution is 6.00. The lowest BCUT2D eigenvalue weighted by Crippen LogP contribution is -2.26. The second-order valence-corrected chi connectivity index (χ2v) is 16.8. The molecule has 0 saturated heterocycles. The Balaban J connectivity index is 1.16. The molecule has 1 aliphatic rings. The number of fused-ring (bicyclic) bond motifs is 5. The maximum atomic E-state index is 2.48. The summed E-state index contributed by atoms with van der Waals surface area (Å²) in [5.74, 6) is 0. The smallest absolute Gasteiger partial charge is 0.0543 e. The van der Waals surface area contributed by atoms with Crippen LogP contribution in [0.5, 0.6) is 0 Å². The van der Waals surface area contributed by atoms with E-state index in [1.54, 1.807) is 0 Å². The molecule has 1 atom stereocenters. The van der Waals surface area contributed by atoms with Crippen LogP contribution in [-0.2, 0) is 10.8 Å². The van der Waals surface area contributed by atoms with Gasteiger partial charge in [-0.05, 0) is 114 Å². The molecule has 0 amide bonds. The zero-order valence-corrected chi connectivity index (χ0v) is 33.7. The van der Waals surface area contributed by atoms with Crippen LogP contribution in [0.2, 0.25) is 0 Å². The zero-order valence-electron chi connectivity index (χ0n) is 33.7. The number of anilines is 3. The summed E-state index contributed by atoms with van der Waals surface area (Å²) in [5, 5.41) is 5.04. The van der Waals surface area contributed by atoms with Crippen LogP contribution in [0.3, 0.4) is 0 Å². The van der Waals surface area contributed by atoms with Crippen molar-refractivity contribution in [1.29, 1.82) is 0 Å². The SMILES string of the molecule is CCC1(c2ccc(C(C)(C)C)cc2)c2ccccc2-c2c(N(c3ccc(-c4cccc5ccccc45)cc3)c3ccc(-c4cccc5ccccc45)cc3)cccc21. The van der Waals surface area contributed by atoms with E-state index in [1.165, 1.54) is 82.9 Å². The normalized spacial score (nSPS) is 14.7. The van der Waals surface area contributed by atoms with Crippen molar-refractivity contribution in [3.05, 3.63) is 222 Å². The molecule has 0 spiro atoms. The molecule has 280 valence electrons. The highest BCUT2D eigenvalue weighted by Crippen LogP contribution is 2.58. The third-order valence-electron chi connectivity index (χ3n) is 12.6. The molecule has 0 saturated carbocycles. The topological polar surface area (TPSA) is 3.24 Å². The Morgan fingerprint density at radius 3 is 1.45 bits per heavy atom. The molecule has 0 N–H and O–H groups in total. The van der Waals surface area contributed by atoms with Gasteiger partial charge in [-0.1, -0.05) is 198 Å². The van der Waals surface area contributed by atoms with Crippen molar-refractivity contribution in [3.63, 3.8) is 0 Å². The second kappa shape index (κ2) is 14.0. The number of nitrogens with zero attached hydrogens (tertiary/aromatic N) is 1. The Morgan fingerprint density at radius 2 is 0.897 bits per heavy atom. The minimum Gasteiger partial charge on any atom is -0.310 e. The van der Waals surface area contributed by atoms with Crippen LogP contribution in [0.1, 0.15) is 56.4 Å². The summed E-state index contributed by atoms with van der Waals surface area (Å²) < 4.78 is 0. The van der Waals surface area contributed by atoms with Crippen LogP contribution in [0, 0.1) is 0 Å². The Kier molecular flexibility index (Phi) is 8.64. The average Bonchev–Trinajstić information content (AvgIpc) is 3.57. The Morgan fingerprint density at radius 1 is 0.431 bits per heavy atom. The number of rotatable bonds is 7. The first-order valence-corrected chi connectivity index (χ1v) is 20.7. The van der Waals surface area contributed by atoms with Crippen molar-refractivity contribution < 1.29 is 0 Å². The van der Waals surface area contributed by atoms with Gasteiger partial charge in [0, 0.05) is 22.4 Å². The van der Waals surface area contributed by atoms with Gasteiger partial charge in [0.1, 0.15) is 0 Å². The zero-order chi connectivity index (χ0) is 39.4. The third kappa shape index (κ3) is 5.76. The molecule has 0 fully saturated rings. The van der Waals surface area contributed by atoms with E-state index in [-0.39, 0.29) is 10.8 Å². The molecule has 10 rings (SSSR count). The van der Waals surface area contributed by atoms with Gasteiger partial charge in [0.05, 0.1) is 5.69 Å². The molecule has 1 nitrogen and oxygen atoms in total. The van der Waals surface area contributed by atoms with Crippen LogP contribution in [0.25, 0.3) is 54.9 Å². The number of hydrogen-bond donors (Lipinski definition) is 0. The van der Waals surface area contributed by atoms with Gasteiger partial charge in [0.2, 0.25) is 0 Å². The fourth-order valence-corrected chi connectivity index (χ4v) is 9.70. The van der Waals surface area contributed by atoms with E-state index in [9.17, 15) is 0 Å². The van der Waals surface area contributed by atoms with Crippen LogP contribution >= 0.6 is 0 Å². The first kappa shape index (κ1) is 35.7. The maximum Gasteiger partial charge on any atom is 0.0543 e. The van der Waals surface area contributed by atoms with Gasteiger partial charge in [-0.15, -0.1) is 0 Å². The lowest BCUT2D eigenvalue weighted by molar-refractivity contribution is 0.584. The largest absolute Gasteiger partial charge is 0.310 e. The Bertz CT molecular complexity index is 2810. The molecule has 0 aliphatic heterocycles. The van der Waals surface area contributed by atoms with Crippen molar-refractivity contribution >= 4 is 38.6 Å². The summed E-state index contributed by atoms with van der Waals surface area (Å²) >= 11 is 0. The molecule has 9 aromatic rings. The summed E-state index contributed by atoms with van der Waals surface area (Å²) in [6, 6.07) is 74.4. The van der Waals surface area contributed by atoms with Crippen molar-refractivity contribution in [2.75, 3.05) is 4.90 Å². The van der Waals surface area contributed by atoms with Crippen LogP contribution in [0.15, 0.2) is 200 Å². The Labute approximate surface area is 342 Å². The number of benzene rings is 9. The fourth-order valence-electron chi connectivity index (χ4n) is 9.70. The van der Waals surface area contributed by atoms with Gasteiger partial charge in [-0.2, -0.15) is 0 Å². The quantitative estimate of drug-likeness (QED) is 0.157.